The van der Waals surface area contributed by atoms with E-state index in [1.165, 1.54) is 93.8 Å². The molecular formula is C42H63Cl3N6SiTi. The first-order valence-corrected chi connectivity index (χ1v) is 19.4. The van der Waals surface area contributed by atoms with E-state index in [0.717, 1.165) is 0 Å². The van der Waals surface area contributed by atoms with Crippen LogP contribution in [0.3, 0.4) is 0 Å². The first-order chi connectivity index (χ1) is 22.7. The minimum atomic E-state index is -3.09. The second-order valence-electron chi connectivity index (χ2n) is 15.4. The van der Waals surface area contributed by atoms with E-state index in [1.54, 1.807) is 0 Å². The van der Waals surface area contributed by atoms with Crippen molar-refractivity contribution >= 4 is 62.9 Å². The van der Waals surface area contributed by atoms with E-state index in [0.29, 0.717) is 0 Å². The molecule has 53 heavy (non-hydrogen) atoms. The van der Waals surface area contributed by atoms with E-state index in [-0.39, 0.29) is 58.9 Å². The number of anilines is 6. The van der Waals surface area contributed by atoms with Gasteiger partial charge in [-0.3, -0.25) is 0 Å². The monoisotopic (exact) mass is 832 g/mol. The zero-order chi connectivity index (χ0) is 37.0. The van der Waals surface area contributed by atoms with Crippen LogP contribution < -0.4 is 87.4 Å². The minimum Gasteiger partial charge on any atom is -1.00 e. The van der Waals surface area contributed by atoms with Crippen LogP contribution in [0.5, 0.6) is 0 Å². The molecule has 0 radical (unpaired) electrons. The summed E-state index contributed by atoms with van der Waals surface area (Å²) in [5, 5.41) is 5.71. The summed E-state index contributed by atoms with van der Waals surface area (Å²) in [6.45, 7) is 16.2. The fourth-order valence-electron chi connectivity index (χ4n) is 8.20. The van der Waals surface area contributed by atoms with Gasteiger partial charge in [0.1, 0.15) is 0 Å². The molecular weight excluding hydrogens is 771 g/mol. The molecule has 0 heterocycles. The maximum absolute atomic E-state index is 3.09. The maximum Gasteiger partial charge on any atom is 4.00 e. The molecule has 0 bridgehead atoms. The summed E-state index contributed by atoms with van der Waals surface area (Å²) in [6.07, 6.45) is 0. The summed E-state index contributed by atoms with van der Waals surface area (Å²) in [6, 6.07) is 15.2. The van der Waals surface area contributed by atoms with Crippen molar-refractivity contribution in [3.05, 3.63) is 75.3 Å². The van der Waals surface area contributed by atoms with Crippen molar-refractivity contribution in [3.63, 3.8) is 0 Å². The zero-order valence-electron chi connectivity index (χ0n) is 35.8. The molecule has 0 aliphatic rings. The Hall–Kier alpha value is -2.39. The van der Waals surface area contributed by atoms with Gasteiger partial charge in [0.05, 0.1) is 0 Å². The van der Waals surface area contributed by atoms with Gasteiger partial charge in [-0.15, -0.1) is 0 Å². The summed E-state index contributed by atoms with van der Waals surface area (Å²) in [7, 11) is 23.1. The largest absolute Gasteiger partial charge is 4.00 e. The van der Waals surface area contributed by atoms with Gasteiger partial charge in [0.15, 0.2) is 8.07 Å². The molecule has 11 heteroatoms. The van der Waals surface area contributed by atoms with Gasteiger partial charge < -0.3 is 66.6 Å². The van der Waals surface area contributed by atoms with Crippen LogP contribution in [0.4, 0.5) is 34.1 Å². The quantitative estimate of drug-likeness (QED) is 0.0928. The fraction of sp³-hybridized carbons (Fsp3) is 0.452. The third-order valence-corrected chi connectivity index (χ3v) is 16.0. The molecule has 0 aliphatic heterocycles. The van der Waals surface area contributed by atoms with E-state index in [1.807, 2.05) is 0 Å². The molecule has 290 valence electrons. The molecule has 4 aromatic rings. The zero-order valence-corrected chi connectivity index (χ0v) is 40.6. The molecule has 0 spiro atoms. The standard InChI is InChI=1S/C42H63N6Si.3ClH.Ti/c1-26-27(2)29(4)42(28(26)3)49(33-20-36(43(8)9)30(5)37(21-33)44(10)11,34-22-38(45(12)13)31(6)39(23-34)46(14)15)35-24-40(47(16)17)32(7)41(25-35)48(18)19;;;;/h20-25H,1-19H3;3*1H;/q-1;;;;+4/p-3. The SMILES string of the molecule is Cc1c(N(C)C)cc([Si](c2cc(N(C)C)c(C)c(N(C)C)c2)(c2cc(N(C)C)c(C)c(N(C)C)c2)c2c(C)c(C)c(C)[c-]2C)cc1N(C)C.[Cl-].[Cl-].[Cl-].[Ti+4]. The summed E-state index contributed by atoms with van der Waals surface area (Å²) in [5.41, 5.74) is 17.1. The second kappa shape index (κ2) is 19.0. The average molecular weight is 834 g/mol. The van der Waals surface area contributed by atoms with Crippen molar-refractivity contribution in [1.29, 1.82) is 0 Å². The summed E-state index contributed by atoms with van der Waals surface area (Å²) >= 11 is 0. The molecule has 0 atom stereocenters. The van der Waals surface area contributed by atoms with Crippen molar-refractivity contribution in [3.8, 4) is 0 Å². The molecule has 0 fully saturated rings. The Kier molecular flexibility index (Phi) is 18.1. The topological polar surface area (TPSA) is 19.4 Å². The third kappa shape index (κ3) is 8.71. The number of nitrogens with zero attached hydrogens (tertiary/aromatic N) is 6. The molecule has 4 aromatic carbocycles. The van der Waals surface area contributed by atoms with E-state index < -0.39 is 8.07 Å². The summed E-state index contributed by atoms with van der Waals surface area (Å²) in [4.78, 5) is 13.8. The molecule has 0 unspecified atom stereocenters. The molecule has 0 aromatic heterocycles. The first-order valence-electron chi connectivity index (χ1n) is 17.4. The number of benzene rings is 3. The van der Waals surface area contributed by atoms with Gasteiger partial charge in [-0.2, -0.15) is 27.4 Å². The van der Waals surface area contributed by atoms with Crippen LogP contribution in [0.15, 0.2) is 36.4 Å². The van der Waals surface area contributed by atoms with Crippen molar-refractivity contribution in [1.82, 2.24) is 0 Å². The average Bonchev–Trinajstić information content (AvgIpc) is 3.20. The molecule has 0 saturated heterocycles. The normalized spacial score (nSPS) is 10.7. The summed E-state index contributed by atoms with van der Waals surface area (Å²) in [5.74, 6) is 0. The maximum atomic E-state index is 2.53. The Bertz CT molecular complexity index is 1600. The van der Waals surface area contributed by atoms with Crippen LogP contribution in [0, 0.1) is 48.5 Å². The Morgan fingerprint density at radius 1 is 0.377 bits per heavy atom. The van der Waals surface area contributed by atoms with Gasteiger partial charge in [0, 0.05) is 119 Å². The second-order valence-corrected chi connectivity index (χ2v) is 19.1. The Balaban J connectivity index is 0.00000676. The van der Waals surface area contributed by atoms with Crippen LogP contribution in [-0.2, 0) is 21.7 Å². The van der Waals surface area contributed by atoms with E-state index in [4.69, 9.17) is 0 Å². The van der Waals surface area contributed by atoms with Crippen molar-refractivity contribution in [2.45, 2.75) is 48.5 Å². The number of rotatable bonds is 10. The Morgan fingerprint density at radius 2 is 0.585 bits per heavy atom. The van der Waals surface area contributed by atoms with E-state index in [9.17, 15) is 0 Å². The van der Waals surface area contributed by atoms with Gasteiger partial charge in [0.25, 0.3) is 0 Å². The van der Waals surface area contributed by atoms with E-state index >= 15 is 0 Å². The Labute approximate surface area is 357 Å². The molecule has 0 amide bonds. The van der Waals surface area contributed by atoms with Crippen LogP contribution in [0.1, 0.15) is 38.9 Å². The molecule has 0 N–H and O–H groups in total. The molecule has 4 rings (SSSR count). The smallest absolute Gasteiger partial charge is 1.00 e. The van der Waals surface area contributed by atoms with Crippen LogP contribution >= 0.6 is 0 Å². The van der Waals surface area contributed by atoms with Crippen molar-refractivity contribution in [2.24, 2.45) is 0 Å². The Morgan fingerprint density at radius 3 is 0.736 bits per heavy atom. The molecule has 0 saturated carbocycles. The van der Waals surface area contributed by atoms with Gasteiger partial charge in [-0.25, -0.2) is 0 Å². The van der Waals surface area contributed by atoms with E-state index in [2.05, 4.69) is 199 Å². The third-order valence-electron chi connectivity index (χ3n) is 11.1. The predicted molar refractivity (Wildman–Crippen MR) is 225 cm³/mol. The molecule has 6 nitrogen and oxygen atoms in total. The van der Waals surface area contributed by atoms with Gasteiger partial charge in [-0.1, -0.05) is 27.7 Å². The van der Waals surface area contributed by atoms with Crippen molar-refractivity contribution < 1.29 is 58.9 Å². The fourth-order valence-corrected chi connectivity index (χ4v) is 13.7. The van der Waals surface area contributed by atoms with Crippen LogP contribution in [0.2, 0.25) is 0 Å². The first kappa shape index (κ1) is 50.6. The van der Waals surface area contributed by atoms with Crippen LogP contribution in [-0.4, -0.2) is 92.6 Å². The number of hydrogen-bond donors (Lipinski definition) is 0. The van der Waals surface area contributed by atoms with Gasteiger partial charge in [0.2, 0.25) is 0 Å². The van der Waals surface area contributed by atoms with Gasteiger partial charge >= 0.3 is 21.7 Å². The van der Waals surface area contributed by atoms with Gasteiger partial charge in [-0.05, 0) is 89.4 Å². The van der Waals surface area contributed by atoms with Crippen molar-refractivity contribution in [2.75, 3.05) is 114 Å². The number of halogens is 3. The van der Waals surface area contributed by atoms with Crippen LogP contribution in [0.25, 0.3) is 0 Å². The number of hydrogen-bond acceptors (Lipinski definition) is 6. The minimum absolute atomic E-state index is 0. The predicted octanol–water partition coefficient (Wildman–Crippen LogP) is -3.65. The molecule has 0 aliphatic carbocycles. The summed E-state index contributed by atoms with van der Waals surface area (Å²) < 4.78 is 0.